The molecular formula is C17H21NO5S. The number of hydrogen-bond donors (Lipinski definition) is 1. The minimum atomic E-state index is -3.78. The average Bonchev–Trinajstić information content (AvgIpc) is 2.53. The van der Waals surface area contributed by atoms with Crippen LogP contribution in [0.15, 0.2) is 35.2 Å². The summed E-state index contributed by atoms with van der Waals surface area (Å²) < 4.78 is 43.8. The maximum Gasteiger partial charge on any atom is 0.262 e. The van der Waals surface area contributed by atoms with E-state index in [0.29, 0.717) is 34.1 Å². The van der Waals surface area contributed by atoms with Crippen LogP contribution in [0.4, 0.5) is 5.69 Å². The zero-order valence-electron chi connectivity index (χ0n) is 14.3. The Hall–Kier alpha value is -2.41. The molecule has 24 heavy (non-hydrogen) atoms. The fourth-order valence-electron chi connectivity index (χ4n) is 2.53. The van der Waals surface area contributed by atoms with E-state index in [9.17, 15) is 8.42 Å². The van der Waals surface area contributed by atoms with Crippen molar-refractivity contribution in [3.8, 4) is 17.2 Å². The van der Waals surface area contributed by atoms with Gasteiger partial charge < -0.3 is 14.2 Å². The van der Waals surface area contributed by atoms with Gasteiger partial charge >= 0.3 is 0 Å². The van der Waals surface area contributed by atoms with E-state index in [1.807, 2.05) is 0 Å². The first-order valence-corrected chi connectivity index (χ1v) is 8.70. The summed E-state index contributed by atoms with van der Waals surface area (Å²) in [6.07, 6.45) is 0. The number of hydrogen-bond acceptors (Lipinski definition) is 5. The van der Waals surface area contributed by atoms with Gasteiger partial charge in [0.25, 0.3) is 10.0 Å². The van der Waals surface area contributed by atoms with Crippen LogP contribution in [-0.4, -0.2) is 29.7 Å². The molecule has 0 atom stereocenters. The minimum Gasteiger partial charge on any atom is -0.497 e. The molecule has 2 rings (SSSR count). The molecule has 0 unspecified atom stereocenters. The van der Waals surface area contributed by atoms with E-state index >= 15 is 0 Å². The Kier molecular flexibility index (Phi) is 5.23. The van der Waals surface area contributed by atoms with Crippen LogP contribution in [0, 0.1) is 13.8 Å². The lowest BCUT2D eigenvalue weighted by Crippen LogP contribution is -2.16. The molecule has 7 heteroatoms. The van der Waals surface area contributed by atoms with E-state index < -0.39 is 10.0 Å². The molecule has 0 saturated carbocycles. The molecule has 2 aromatic rings. The van der Waals surface area contributed by atoms with Crippen molar-refractivity contribution in [3.63, 3.8) is 0 Å². The summed E-state index contributed by atoms with van der Waals surface area (Å²) in [4.78, 5) is 0.223. The highest BCUT2D eigenvalue weighted by Gasteiger charge is 2.22. The number of anilines is 1. The van der Waals surface area contributed by atoms with Crippen LogP contribution in [0.3, 0.4) is 0 Å². The quantitative estimate of drug-likeness (QED) is 0.865. The van der Waals surface area contributed by atoms with Gasteiger partial charge in [0.2, 0.25) is 0 Å². The van der Waals surface area contributed by atoms with Gasteiger partial charge in [-0.3, -0.25) is 4.72 Å². The maximum absolute atomic E-state index is 12.8. The lowest BCUT2D eigenvalue weighted by atomic mass is 10.1. The molecule has 0 heterocycles. The first-order valence-electron chi connectivity index (χ1n) is 7.22. The smallest absolute Gasteiger partial charge is 0.262 e. The summed E-state index contributed by atoms with van der Waals surface area (Å²) in [6.45, 7) is 3.46. The molecule has 0 aromatic heterocycles. The number of methoxy groups -OCH3 is 3. The van der Waals surface area contributed by atoms with Gasteiger partial charge in [-0.25, -0.2) is 8.42 Å². The Bertz CT molecular complexity index is 823. The number of rotatable bonds is 6. The summed E-state index contributed by atoms with van der Waals surface area (Å²) in [5, 5.41) is 0. The lowest BCUT2D eigenvalue weighted by molar-refractivity contribution is 0.395. The molecule has 0 aliphatic carbocycles. The van der Waals surface area contributed by atoms with Gasteiger partial charge in [-0.2, -0.15) is 0 Å². The second-order valence-electron chi connectivity index (χ2n) is 5.26. The first-order chi connectivity index (χ1) is 11.3. The normalized spacial score (nSPS) is 11.0. The van der Waals surface area contributed by atoms with Gasteiger partial charge in [-0.15, -0.1) is 0 Å². The molecule has 0 bridgehead atoms. The molecule has 130 valence electrons. The van der Waals surface area contributed by atoms with Crippen molar-refractivity contribution >= 4 is 15.7 Å². The molecule has 0 saturated heterocycles. The lowest BCUT2D eigenvalue weighted by Gasteiger charge is -2.16. The molecule has 0 radical (unpaired) electrons. The van der Waals surface area contributed by atoms with Gasteiger partial charge in [0.1, 0.15) is 17.2 Å². The van der Waals surface area contributed by atoms with E-state index in [1.165, 1.54) is 14.2 Å². The van der Waals surface area contributed by atoms with Gasteiger partial charge in [-0.05, 0) is 49.2 Å². The van der Waals surface area contributed by atoms with Crippen molar-refractivity contribution in [1.82, 2.24) is 0 Å². The molecule has 0 aliphatic heterocycles. The second-order valence-corrected chi connectivity index (χ2v) is 6.88. The molecule has 0 spiro atoms. The summed E-state index contributed by atoms with van der Waals surface area (Å²) in [5.41, 5.74) is 1.55. The Labute approximate surface area is 142 Å². The highest BCUT2D eigenvalue weighted by atomic mass is 32.2. The van der Waals surface area contributed by atoms with E-state index in [4.69, 9.17) is 14.2 Å². The number of benzene rings is 2. The summed E-state index contributed by atoms with van der Waals surface area (Å²) in [5.74, 6) is 1.57. The van der Waals surface area contributed by atoms with Crippen LogP contribution in [0.1, 0.15) is 11.1 Å². The van der Waals surface area contributed by atoms with Crippen LogP contribution in [0.5, 0.6) is 17.2 Å². The molecule has 6 nitrogen and oxygen atoms in total. The molecule has 0 fully saturated rings. The fourth-order valence-corrected chi connectivity index (χ4v) is 4.06. The number of ether oxygens (including phenoxy) is 3. The Balaban J connectivity index is 2.46. The summed E-state index contributed by atoms with van der Waals surface area (Å²) in [6, 6.07) is 8.25. The van der Waals surface area contributed by atoms with Crippen LogP contribution in [-0.2, 0) is 10.0 Å². The average molecular weight is 351 g/mol. The zero-order valence-corrected chi connectivity index (χ0v) is 15.2. The Morgan fingerprint density at radius 1 is 0.833 bits per heavy atom. The minimum absolute atomic E-state index is 0.223. The van der Waals surface area contributed by atoms with Crippen molar-refractivity contribution < 1.29 is 22.6 Å². The van der Waals surface area contributed by atoms with Gasteiger partial charge in [-0.1, -0.05) is 0 Å². The SMILES string of the molecule is COc1cc(C)c(S(=O)(=O)Nc2ccc(OC)cc2OC)c(C)c1. The summed E-state index contributed by atoms with van der Waals surface area (Å²) >= 11 is 0. The van der Waals surface area contributed by atoms with E-state index in [2.05, 4.69) is 4.72 Å². The van der Waals surface area contributed by atoms with Crippen molar-refractivity contribution in [2.75, 3.05) is 26.1 Å². The van der Waals surface area contributed by atoms with Crippen LogP contribution in [0.2, 0.25) is 0 Å². The predicted octanol–water partition coefficient (Wildman–Crippen LogP) is 3.13. The molecule has 2 aromatic carbocycles. The number of nitrogens with one attached hydrogen (secondary N) is 1. The first kappa shape index (κ1) is 17.9. The highest BCUT2D eigenvalue weighted by molar-refractivity contribution is 7.92. The van der Waals surface area contributed by atoms with Crippen molar-refractivity contribution in [3.05, 3.63) is 41.5 Å². The zero-order chi connectivity index (χ0) is 17.9. The van der Waals surface area contributed by atoms with Crippen LogP contribution < -0.4 is 18.9 Å². The monoisotopic (exact) mass is 351 g/mol. The number of sulfonamides is 1. The third kappa shape index (κ3) is 3.56. The third-order valence-corrected chi connectivity index (χ3v) is 5.26. The summed E-state index contributed by atoms with van der Waals surface area (Å²) in [7, 11) is 0.765. The number of aryl methyl sites for hydroxylation is 2. The second kappa shape index (κ2) is 7.00. The van der Waals surface area contributed by atoms with Gasteiger partial charge in [0.05, 0.1) is 31.9 Å². The van der Waals surface area contributed by atoms with Gasteiger partial charge in [0, 0.05) is 6.07 Å². The molecule has 1 N–H and O–H groups in total. The van der Waals surface area contributed by atoms with Crippen molar-refractivity contribution in [2.24, 2.45) is 0 Å². The van der Waals surface area contributed by atoms with E-state index in [1.54, 1.807) is 51.3 Å². The largest absolute Gasteiger partial charge is 0.497 e. The van der Waals surface area contributed by atoms with Crippen LogP contribution >= 0.6 is 0 Å². The molecular weight excluding hydrogens is 330 g/mol. The van der Waals surface area contributed by atoms with E-state index in [0.717, 1.165) is 0 Å². The highest BCUT2D eigenvalue weighted by Crippen LogP contribution is 2.33. The van der Waals surface area contributed by atoms with Crippen LogP contribution in [0.25, 0.3) is 0 Å². The predicted molar refractivity (Wildman–Crippen MR) is 92.8 cm³/mol. The standard InChI is InChI=1S/C17H21NO5S/c1-11-8-14(22-4)9-12(2)17(11)24(19,20)18-15-7-6-13(21-3)10-16(15)23-5/h6-10,18H,1-5H3. The topological polar surface area (TPSA) is 73.9 Å². The van der Waals surface area contributed by atoms with E-state index in [-0.39, 0.29) is 4.90 Å². The Morgan fingerprint density at radius 3 is 1.92 bits per heavy atom. The molecule has 0 aliphatic rings. The molecule has 0 amide bonds. The van der Waals surface area contributed by atoms with Gasteiger partial charge in [0.15, 0.2) is 0 Å². The fraction of sp³-hybridized carbons (Fsp3) is 0.294. The maximum atomic E-state index is 12.8. The van der Waals surface area contributed by atoms with Crippen molar-refractivity contribution in [1.29, 1.82) is 0 Å². The third-order valence-electron chi connectivity index (χ3n) is 3.59. The Morgan fingerprint density at radius 2 is 1.42 bits per heavy atom. The van der Waals surface area contributed by atoms with Crippen molar-refractivity contribution in [2.45, 2.75) is 18.7 Å².